The molecule has 2 N–H and O–H groups in total. The van der Waals surface area contributed by atoms with E-state index in [4.69, 9.17) is 16.3 Å². The second kappa shape index (κ2) is 7.98. The van der Waals surface area contributed by atoms with Crippen molar-refractivity contribution in [3.8, 4) is 5.75 Å². The molecule has 24 heavy (non-hydrogen) atoms. The lowest BCUT2D eigenvalue weighted by Crippen LogP contribution is -2.42. The van der Waals surface area contributed by atoms with Crippen LogP contribution in [0.3, 0.4) is 0 Å². The average molecular weight is 370 g/mol. The molecule has 0 saturated heterocycles. The van der Waals surface area contributed by atoms with Gasteiger partial charge in [-0.15, -0.1) is 0 Å². The van der Waals surface area contributed by atoms with Gasteiger partial charge in [0, 0.05) is 29.1 Å². The molecular formula is C15H16ClN3O4S. The van der Waals surface area contributed by atoms with Crippen molar-refractivity contribution in [1.82, 2.24) is 15.4 Å². The summed E-state index contributed by atoms with van der Waals surface area (Å²) < 4.78 is 6.59. The molecule has 0 spiro atoms. The molecule has 0 aliphatic heterocycles. The van der Waals surface area contributed by atoms with Crippen molar-refractivity contribution < 1.29 is 14.3 Å². The summed E-state index contributed by atoms with van der Waals surface area (Å²) in [5, 5.41) is 2.17. The van der Waals surface area contributed by atoms with Crippen LogP contribution in [-0.2, 0) is 11.3 Å². The molecule has 0 atom stereocenters. The fourth-order valence-electron chi connectivity index (χ4n) is 2.00. The normalized spacial score (nSPS) is 10.3. The summed E-state index contributed by atoms with van der Waals surface area (Å²) in [6, 6.07) is 4.55. The summed E-state index contributed by atoms with van der Waals surface area (Å²) in [6.07, 6.45) is 0.0650. The number of aromatic nitrogens is 1. The van der Waals surface area contributed by atoms with Crippen LogP contribution in [0.5, 0.6) is 5.75 Å². The fourth-order valence-corrected chi connectivity index (χ4v) is 2.92. The number of ether oxygens (including phenoxy) is 1. The van der Waals surface area contributed by atoms with E-state index < -0.39 is 11.8 Å². The van der Waals surface area contributed by atoms with Crippen molar-refractivity contribution in [2.75, 3.05) is 7.11 Å². The van der Waals surface area contributed by atoms with Gasteiger partial charge >= 0.3 is 4.87 Å². The number of nitrogens with zero attached hydrogens (tertiary/aromatic N) is 1. The molecule has 9 heteroatoms. The second-order valence-corrected chi connectivity index (χ2v) is 6.15. The van der Waals surface area contributed by atoms with Crippen molar-refractivity contribution in [2.45, 2.75) is 19.9 Å². The Morgan fingerprint density at radius 2 is 2.08 bits per heavy atom. The predicted octanol–water partition coefficient (Wildman–Crippen LogP) is 1.73. The van der Waals surface area contributed by atoms with Crippen LogP contribution in [0.25, 0.3) is 0 Å². The molecule has 1 aromatic heterocycles. The van der Waals surface area contributed by atoms with Crippen molar-refractivity contribution in [3.05, 3.63) is 49.5 Å². The molecule has 2 rings (SSSR count). The van der Waals surface area contributed by atoms with E-state index in [-0.39, 0.29) is 23.4 Å². The number of benzene rings is 1. The highest BCUT2D eigenvalue weighted by Crippen LogP contribution is 2.22. The van der Waals surface area contributed by atoms with E-state index >= 15 is 0 Å². The third-order valence-electron chi connectivity index (χ3n) is 3.26. The van der Waals surface area contributed by atoms with E-state index in [1.54, 1.807) is 18.4 Å². The van der Waals surface area contributed by atoms with E-state index in [0.29, 0.717) is 10.8 Å². The number of rotatable bonds is 5. The van der Waals surface area contributed by atoms with Gasteiger partial charge in [-0.3, -0.25) is 25.2 Å². The van der Waals surface area contributed by atoms with Crippen molar-refractivity contribution in [1.29, 1.82) is 0 Å². The number of hydrazine groups is 1. The molecule has 2 aromatic rings. The van der Waals surface area contributed by atoms with Gasteiger partial charge in [0.1, 0.15) is 5.75 Å². The van der Waals surface area contributed by atoms with E-state index in [1.165, 1.54) is 23.8 Å². The van der Waals surface area contributed by atoms with Gasteiger partial charge in [0.2, 0.25) is 5.91 Å². The summed E-state index contributed by atoms with van der Waals surface area (Å²) in [7, 11) is 1.42. The SMILES string of the molecule is COc1cc(Cl)ccc1C(=O)NNC(=O)CCn1c(C)csc1=O. The Kier molecular flexibility index (Phi) is 5.99. The first kappa shape index (κ1) is 18.0. The lowest BCUT2D eigenvalue weighted by Gasteiger charge is -2.11. The first-order valence-corrected chi connectivity index (χ1v) is 8.25. The summed E-state index contributed by atoms with van der Waals surface area (Å²) in [6.45, 7) is 2.05. The zero-order valence-corrected chi connectivity index (χ0v) is 14.7. The maximum Gasteiger partial charge on any atom is 0.307 e. The van der Waals surface area contributed by atoms with Crippen LogP contribution >= 0.6 is 22.9 Å². The van der Waals surface area contributed by atoms with Crippen molar-refractivity contribution in [3.63, 3.8) is 0 Å². The van der Waals surface area contributed by atoms with Gasteiger partial charge in [0.05, 0.1) is 12.7 Å². The standard InChI is InChI=1S/C15H16ClN3O4S/c1-9-8-24-15(22)19(9)6-5-13(20)17-18-14(21)11-4-3-10(16)7-12(11)23-2/h3-4,7-8H,5-6H2,1-2H3,(H,17,20)(H,18,21). The summed E-state index contributed by atoms with van der Waals surface area (Å²) in [4.78, 5) is 35.3. The van der Waals surface area contributed by atoms with Crippen LogP contribution in [0.15, 0.2) is 28.4 Å². The van der Waals surface area contributed by atoms with Crippen LogP contribution in [0.1, 0.15) is 22.5 Å². The van der Waals surface area contributed by atoms with Crippen LogP contribution in [-0.4, -0.2) is 23.5 Å². The zero-order chi connectivity index (χ0) is 17.7. The third kappa shape index (κ3) is 4.36. The Labute approximate surface area is 147 Å². The van der Waals surface area contributed by atoms with Crippen LogP contribution < -0.4 is 20.5 Å². The van der Waals surface area contributed by atoms with Gasteiger partial charge in [-0.25, -0.2) is 0 Å². The molecule has 1 aromatic carbocycles. The first-order valence-electron chi connectivity index (χ1n) is 7.00. The third-order valence-corrected chi connectivity index (χ3v) is 4.38. The van der Waals surface area contributed by atoms with Gasteiger partial charge in [0.25, 0.3) is 5.91 Å². The van der Waals surface area contributed by atoms with Crippen molar-refractivity contribution in [2.24, 2.45) is 0 Å². The number of halogens is 1. The van der Waals surface area contributed by atoms with Gasteiger partial charge in [-0.1, -0.05) is 22.9 Å². The maximum atomic E-state index is 12.1. The molecule has 0 radical (unpaired) electrons. The number of nitrogens with one attached hydrogen (secondary N) is 2. The smallest absolute Gasteiger partial charge is 0.307 e. The number of carbonyl (C=O) groups is 2. The highest BCUT2D eigenvalue weighted by Gasteiger charge is 2.14. The number of thiazole rings is 1. The predicted molar refractivity (Wildman–Crippen MR) is 91.5 cm³/mol. The monoisotopic (exact) mass is 369 g/mol. The number of hydrogen-bond acceptors (Lipinski definition) is 5. The zero-order valence-electron chi connectivity index (χ0n) is 13.1. The lowest BCUT2D eigenvalue weighted by atomic mass is 10.2. The highest BCUT2D eigenvalue weighted by molar-refractivity contribution is 7.07. The molecule has 0 aliphatic carbocycles. The molecule has 128 valence electrons. The Bertz CT molecular complexity index is 815. The van der Waals surface area contributed by atoms with Gasteiger partial charge < -0.3 is 9.30 Å². The van der Waals surface area contributed by atoms with Gasteiger partial charge in [-0.2, -0.15) is 0 Å². The molecule has 1 heterocycles. The molecular weight excluding hydrogens is 354 g/mol. The number of methoxy groups -OCH3 is 1. The summed E-state index contributed by atoms with van der Waals surface area (Å²) >= 11 is 6.92. The largest absolute Gasteiger partial charge is 0.496 e. The molecule has 0 aliphatic rings. The fraction of sp³-hybridized carbons (Fsp3) is 0.267. The van der Waals surface area contributed by atoms with Crippen LogP contribution in [0.2, 0.25) is 5.02 Å². The topological polar surface area (TPSA) is 89.4 Å². The van der Waals surface area contributed by atoms with E-state index in [0.717, 1.165) is 17.0 Å². The highest BCUT2D eigenvalue weighted by atomic mass is 35.5. The molecule has 0 saturated carbocycles. The molecule has 7 nitrogen and oxygen atoms in total. The van der Waals surface area contributed by atoms with E-state index in [2.05, 4.69) is 10.9 Å². The van der Waals surface area contributed by atoms with Crippen molar-refractivity contribution >= 4 is 34.8 Å². The first-order chi connectivity index (χ1) is 11.4. The van der Waals surface area contributed by atoms with Crippen LogP contribution in [0, 0.1) is 6.92 Å². The van der Waals surface area contributed by atoms with E-state index in [9.17, 15) is 14.4 Å². The summed E-state index contributed by atoms with van der Waals surface area (Å²) in [5.74, 6) is -0.635. The quantitative estimate of drug-likeness (QED) is 0.785. The van der Waals surface area contributed by atoms with Gasteiger partial charge in [0.15, 0.2) is 0 Å². The lowest BCUT2D eigenvalue weighted by molar-refractivity contribution is -0.122. The number of carbonyl (C=O) groups excluding carboxylic acids is 2. The summed E-state index contributed by atoms with van der Waals surface area (Å²) in [5.41, 5.74) is 5.66. The second-order valence-electron chi connectivity index (χ2n) is 4.89. The van der Waals surface area contributed by atoms with Gasteiger partial charge in [-0.05, 0) is 25.1 Å². The molecule has 2 amide bonds. The molecule has 0 bridgehead atoms. The minimum atomic E-state index is -0.527. The average Bonchev–Trinajstić information content (AvgIpc) is 2.88. The Balaban J connectivity index is 1.90. The minimum Gasteiger partial charge on any atom is -0.496 e. The number of aryl methyl sites for hydroxylation is 1. The Hall–Kier alpha value is -2.32. The Morgan fingerprint density at radius 3 is 2.71 bits per heavy atom. The Morgan fingerprint density at radius 1 is 1.33 bits per heavy atom. The molecule has 0 fully saturated rings. The number of amides is 2. The minimum absolute atomic E-state index is 0.0650. The maximum absolute atomic E-state index is 12.1. The van der Waals surface area contributed by atoms with Crippen LogP contribution in [0.4, 0.5) is 0 Å². The molecule has 0 unspecified atom stereocenters. The number of hydrogen-bond donors (Lipinski definition) is 2. The van der Waals surface area contributed by atoms with E-state index in [1.807, 2.05) is 0 Å².